The molecule has 9 heteroatoms. The van der Waals surface area contributed by atoms with Gasteiger partial charge >= 0.3 is 11.9 Å². The number of nitrogens with zero attached hydrogens (tertiary/aromatic N) is 1. The molecular weight excluding hydrogens is 1040 g/mol. The van der Waals surface area contributed by atoms with Crippen molar-refractivity contribution in [3.63, 3.8) is 0 Å². The fraction of sp³-hybridized carbons (Fsp3) is 0.693. The Morgan fingerprint density at radius 3 is 1.02 bits per heavy atom. The highest BCUT2D eigenvalue weighted by atomic mass is 16.7. The van der Waals surface area contributed by atoms with Gasteiger partial charge in [-0.25, -0.2) is 0 Å². The Kier molecular flexibility index (Phi) is 61.4. The van der Waals surface area contributed by atoms with Crippen molar-refractivity contribution in [3.05, 3.63) is 122 Å². The summed E-state index contributed by atoms with van der Waals surface area (Å²) in [5.74, 6) is -2.29. The molecule has 9 nitrogen and oxygen atoms in total. The molecule has 0 fully saturated rings. The summed E-state index contributed by atoms with van der Waals surface area (Å²) < 4.78 is 22.8. The Morgan fingerprint density at radius 1 is 0.369 bits per heavy atom. The van der Waals surface area contributed by atoms with E-state index in [0.717, 1.165) is 109 Å². The van der Waals surface area contributed by atoms with Crippen molar-refractivity contribution in [2.75, 3.05) is 47.5 Å². The normalized spacial score (nSPS) is 13.5. The third-order valence-electron chi connectivity index (χ3n) is 14.4. The standard InChI is InChI=1S/C75H127NO8/c1-6-8-10-12-14-16-18-20-22-24-26-27-28-29-30-31-32-33-34-35-36-37-38-39-40-41-42-43-44-45-46-47-48-50-52-54-56-58-60-62-64-66-73(78)84-71(70-83-75(74(79)80)81-68-67-76(3,4)5)69-82-72(77)65-63-61-59-57-55-53-51-49-25-23-21-19-17-15-13-11-9-7-2/h8,10,14,16,20,22-23,25-27,29-30,32-33,35-36,38-39,41-42,71,75H,6-7,9,11-13,15,17-19,21,24,28,31,34,37,40,43-70H2,1-5H3/b10-8-,16-14-,22-20-,25-23-,27-26-,30-29-,33-32-,36-35-,39-38-,42-41-. The number of aliphatic carboxylic acids is 1. The van der Waals surface area contributed by atoms with Crippen LogP contribution in [0.5, 0.6) is 0 Å². The maximum atomic E-state index is 12.9. The van der Waals surface area contributed by atoms with E-state index in [4.69, 9.17) is 18.9 Å². The monoisotopic (exact) mass is 1170 g/mol. The van der Waals surface area contributed by atoms with Crippen molar-refractivity contribution < 1.29 is 42.9 Å². The molecule has 0 saturated carbocycles. The summed E-state index contributed by atoms with van der Waals surface area (Å²) in [4.78, 5) is 37.4. The van der Waals surface area contributed by atoms with Crippen LogP contribution >= 0.6 is 0 Å². The third-order valence-corrected chi connectivity index (χ3v) is 14.4. The number of hydrogen-bond acceptors (Lipinski definition) is 8. The zero-order chi connectivity index (χ0) is 61.2. The third kappa shape index (κ3) is 65.2. The molecule has 0 heterocycles. The Labute approximate surface area is 517 Å². The van der Waals surface area contributed by atoms with Crippen LogP contribution in [0, 0.1) is 0 Å². The molecule has 0 radical (unpaired) electrons. The summed E-state index contributed by atoms with van der Waals surface area (Å²) in [7, 11) is 5.92. The number of carboxylic acids is 1. The van der Waals surface area contributed by atoms with Crippen LogP contribution < -0.4 is 5.11 Å². The lowest BCUT2D eigenvalue weighted by molar-refractivity contribution is -0.870. The van der Waals surface area contributed by atoms with Crippen molar-refractivity contribution in [2.24, 2.45) is 0 Å². The molecule has 0 N–H and O–H groups in total. The van der Waals surface area contributed by atoms with E-state index in [0.29, 0.717) is 17.4 Å². The summed E-state index contributed by atoms with van der Waals surface area (Å²) in [5, 5.41) is 11.8. The molecule has 0 amide bonds. The summed E-state index contributed by atoms with van der Waals surface area (Å²) in [6, 6.07) is 0. The van der Waals surface area contributed by atoms with Crippen LogP contribution in [-0.4, -0.2) is 82.3 Å². The van der Waals surface area contributed by atoms with Crippen LogP contribution in [0.3, 0.4) is 0 Å². The number of carboxylic acid groups (broad SMARTS) is 1. The van der Waals surface area contributed by atoms with Gasteiger partial charge in [-0.2, -0.15) is 0 Å². The number of quaternary nitrogens is 1. The van der Waals surface area contributed by atoms with Crippen molar-refractivity contribution in [3.8, 4) is 0 Å². The number of ether oxygens (including phenoxy) is 4. The largest absolute Gasteiger partial charge is 0.545 e. The number of carbonyl (C=O) groups excluding carboxylic acids is 3. The summed E-state index contributed by atoms with van der Waals surface area (Å²) >= 11 is 0. The predicted molar refractivity (Wildman–Crippen MR) is 356 cm³/mol. The summed E-state index contributed by atoms with van der Waals surface area (Å²) in [5.41, 5.74) is 0. The molecule has 0 aliphatic carbocycles. The van der Waals surface area contributed by atoms with E-state index in [-0.39, 0.29) is 38.6 Å². The quantitative estimate of drug-likeness (QED) is 0.0195. The van der Waals surface area contributed by atoms with Crippen molar-refractivity contribution >= 4 is 17.9 Å². The molecule has 0 aliphatic heterocycles. The van der Waals surface area contributed by atoms with Crippen LogP contribution in [0.25, 0.3) is 0 Å². The summed E-state index contributed by atoms with van der Waals surface area (Å²) in [6.07, 6.45) is 88.4. The first-order valence-electron chi connectivity index (χ1n) is 34.2. The van der Waals surface area contributed by atoms with Crippen molar-refractivity contribution in [2.45, 2.75) is 289 Å². The second-order valence-corrected chi connectivity index (χ2v) is 23.7. The van der Waals surface area contributed by atoms with E-state index in [1.54, 1.807) is 0 Å². The van der Waals surface area contributed by atoms with Crippen LogP contribution in [0.4, 0.5) is 0 Å². The number of unbranched alkanes of at least 4 members (excludes halogenated alkanes) is 27. The maximum Gasteiger partial charge on any atom is 0.306 e. The molecule has 0 spiro atoms. The van der Waals surface area contributed by atoms with Crippen LogP contribution in [0.15, 0.2) is 122 Å². The average Bonchev–Trinajstić information content (AvgIpc) is 3.52. The number of allylic oxidation sites excluding steroid dienone is 20. The van der Waals surface area contributed by atoms with Crippen LogP contribution in [0.2, 0.25) is 0 Å². The van der Waals surface area contributed by atoms with Gasteiger partial charge in [-0.05, 0) is 109 Å². The van der Waals surface area contributed by atoms with Gasteiger partial charge in [-0.3, -0.25) is 9.59 Å². The lowest BCUT2D eigenvalue weighted by atomic mass is 10.0. The molecule has 0 bridgehead atoms. The minimum Gasteiger partial charge on any atom is -0.545 e. The number of rotatable bonds is 62. The van der Waals surface area contributed by atoms with Crippen molar-refractivity contribution in [1.82, 2.24) is 0 Å². The Balaban J connectivity index is 4.10. The Hall–Kier alpha value is -4.31. The van der Waals surface area contributed by atoms with Gasteiger partial charge in [0.1, 0.15) is 13.2 Å². The van der Waals surface area contributed by atoms with Gasteiger partial charge in [-0.1, -0.05) is 277 Å². The lowest BCUT2D eigenvalue weighted by Gasteiger charge is -2.26. The first-order valence-corrected chi connectivity index (χ1v) is 34.2. The zero-order valence-electron chi connectivity index (χ0n) is 54.7. The van der Waals surface area contributed by atoms with Crippen molar-refractivity contribution in [1.29, 1.82) is 0 Å². The first-order chi connectivity index (χ1) is 41.1. The molecule has 0 saturated heterocycles. The van der Waals surface area contributed by atoms with Gasteiger partial charge in [0.25, 0.3) is 0 Å². The molecular formula is C75H127NO8. The maximum absolute atomic E-state index is 12.9. The molecule has 0 aliphatic rings. The van der Waals surface area contributed by atoms with E-state index in [2.05, 4.69) is 135 Å². The average molecular weight is 1170 g/mol. The summed E-state index contributed by atoms with van der Waals surface area (Å²) in [6.45, 7) is 4.64. The zero-order valence-corrected chi connectivity index (χ0v) is 54.7. The molecule has 2 atom stereocenters. The number of likely N-dealkylation sites (N-methyl/N-ethyl adjacent to an activating group) is 1. The second kappa shape index (κ2) is 64.7. The second-order valence-electron chi connectivity index (χ2n) is 23.7. The highest BCUT2D eigenvalue weighted by Crippen LogP contribution is 2.16. The lowest BCUT2D eigenvalue weighted by Crippen LogP contribution is -2.44. The minimum atomic E-state index is -1.63. The van der Waals surface area contributed by atoms with E-state index >= 15 is 0 Å². The van der Waals surface area contributed by atoms with Gasteiger partial charge in [0.05, 0.1) is 40.3 Å². The Bertz CT molecular complexity index is 1790. The topological polar surface area (TPSA) is 111 Å². The molecule has 2 unspecified atom stereocenters. The number of esters is 2. The van der Waals surface area contributed by atoms with Crippen LogP contribution in [-0.2, 0) is 33.3 Å². The van der Waals surface area contributed by atoms with Gasteiger partial charge in [0.2, 0.25) is 0 Å². The molecule has 480 valence electrons. The highest BCUT2D eigenvalue weighted by Gasteiger charge is 2.22. The molecule has 0 aromatic rings. The van der Waals surface area contributed by atoms with E-state index in [9.17, 15) is 19.5 Å². The van der Waals surface area contributed by atoms with Gasteiger partial charge in [0.15, 0.2) is 12.4 Å². The van der Waals surface area contributed by atoms with Gasteiger partial charge in [0, 0.05) is 12.8 Å². The van der Waals surface area contributed by atoms with E-state index in [1.807, 2.05) is 21.1 Å². The first kappa shape index (κ1) is 79.7. The molecule has 0 rings (SSSR count). The molecule has 84 heavy (non-hydrogen) atoms. The van der Waals surface area contributed by atoms with Gasteiger partial charge in [-0.15, -0.1) is 0 Å². The minimum absolute atomic E-state index is 0.143. The smallest absolute Gasteiger partial charge is 0.306 e. The number of hydrogen-bond donors (Lipinski definition) is 0. The predicted octanol–water partition coefficient (Wildman–Crippen LogP) is 19.9. The molecule has 0 aromatic carbocycles. The van der Waals surface area contributed by atoms with Gasteiger partial charge < -0.3 is 33.3 Å². The SMILES string of the molecule is CC/C=C\C/C=C\C/C=C\C/C=C\C/C=C\C/C=C\C/C=C\C/C=C\C/C=C\CCCCCCCCCCCCCCCC(=O)OC(COC(=O)CCCCCCCCC/C=C\CCCCCCCCC)COC(OCC[N+](C)(C)C)C(=O)[O-]. The fourth-order valence-corrected chi connectivity index (χ4v) is 9.23. The number of carbonyl (C=O) groups is 3. The fourth-order valence-electron chi connectivity index (χ4n) is 9.23. The Morgan fingerprint density at radius 2 is 0.679 bits per heavy atom. The van der Waals surface area contributed by atoms with E-state index < -0.39 is 24.3 Å². The highest BCUT2D eigenvalue weighted by molar-refractivity contribution is 5.70. The molecule has 0 aromatic heterocycles. The van der Waals surface area contributed by atoms with Crippen LogP contribution in [0.1, 0.15) is 277 Å². The van der Waals surface area contributed by atoms with E-state index in [1.165, 1.54) is 135 Å².